The summed E-state index contributed by atoms with van der Waals surface area (Å²) in [6.07, 6.45) is 1.16. The minimum atomic E-state index is -4.33. The maximum absolute atomic E-state index is 14.6. The van der Waals surface area contributed by atoms with Gasteiger partial charge in [-0.1, -0.05) is 18.2 Å². The number of anilines is 2. The van der Waals surface area contributed by atoms with Gasteiger partial charge in [-0.25, -0.2) is 4.39 Å². The summed E-state index contributed by atoms with van der Waals surface area (Å²) in [5.41, 5.74) is 1.77. The van der Waals surface area contributed by atoms with E-state index in [9.17, 15) is 17.6 Å². The second kappa shape index (κ2) is 10.1. The van der Waals surface area contributed by atoms with Gasteiger partial charge in [-0.2, -0.15) is 13.2 Å². The molecule has 2 aromatic heterocycles. The lowest BCUT2D eigenvalue weighted by atomic mass is 10.0. The van der Waals surface area contributed by atoms with Gasteiger partial charge in [0.1, 0.15) is 6.17 Å². The molecule has 1 aliphatic heterocycles. The summed E-state index contributed by atoms with van der Waals surface area (Å²) in [5, 5.41) is 7.00. The van der Waals surface area contributed by atoms with Gasteiger partial charge in [0.15, 0.2) is 0 Å². The Kier molecular flexibility index (Phi) is 7.19. The average molecular weight is 479 g/mol. The lowest BCUT2D eigenvalue weighted by Gasteiger charge is -2.33. The third kappa shape index (κ3) is 6.03. The Labute approximate surface area is 194 Å². The Hall–Kier alpha value is -2.65. The van der Waals surface area contributed by atoms with E-state index in [2.05, 4.69) is 15.6 Å². The molecule has 1 saturated heterocycles. The monoisotopic (exact) mass is 478 g/mol. The molecule has 2 N–H and O–H groups in total. The third-order valence-electron chi connectivity index (χ3n) is 5.67. The number of piperidine rings is 1. The number of alkyl halides is 4. The fourth-order valence-corrected chi connectivity index (χ4v) is 5.28. The van der Waals surface area contributed by atoms with Crippen LogP contribution in [0, 0.1) is 0 Å². The first-order valence-electron chi connectivity index (χ1n) is 10.8. The Morgan fingerprint density at radius 1 is 1.24 bits per heavy atom. The van der Waals surface area contributed by atoms with Crippen molar-refractivity contribution in [1.82, 2.24) is 9.88 Å². The zero-order chi connectivity index (χ0) is 23.4. The largest absolute Gasteiger partial charge is 0.393 e. The topological polar surface area (TPSA) is 40.2 Å². The number of aromatic nitrogens is 1. The van der Waals surface area contributed by atoms with E-state index in [1.165, 1.54) is 11.3 Å². The normalized spacial score (nSPS) is 19.9. The Balaban J connectivity index is 1.60. The summed E-state index contributed by atoms with van der Waals surface area (Å²) < 4.78 is 55.5. The number of nitrogens with zero attached hydrogens (tertiary/aromatic N) is 2. The maximum atomic E-state index is 14.6. The van der Waals surface area contributed by atoms with Gasteiger partial charge >= 0.3 is 6.18 Å². The van der Waals surface area contributed by atoms with Crippen LogP contribution in [-0.2, 0) is 6.42 Å². The molecule has 0 unspecified atom stereocenters. The predicted molar refractivity (Wildman–Crippen MR) is 128 cm³/mol. The van der Waals surface area contributed by atoms with Crippen molar-refractivity contribution in [3.63, 3.8) is 0 Å². The van der Waals surface area contributed by atoms with E-state index in [-0.39, 0.29) is 11.6 Å². The molecule has 2 atom stereocenters. The lowest BCUT2D eigenvalue weighted by Crippen LogP contribution is -2.46. The molecule has 1 aromatic carbocycles. The summed E-state index contributed by atoms with van der Waals surface area (Å²) in [6.45, 7) is 1.57. The Morgan fingerprint density at radius 2 is 2.09 bits per heavy atom. The van der Waals surface area contributed by atoms with Gasteiger partial charge < -0.3 is 15.5 Å². The molecule has 9 heteroatoms. The van der Waals surface area contributed by atoms with Crippen LogP contribution in [0.5, 0.6) is 0 Å². The van der Waals surface area contributed by atoms with Gasteiger partial charge in [0.2, 0.25) is 0 Å². The number of rotatable bonds is 7. The van der Waals surface area contributed by atoms with E-state index in [4.69, 9.17) is 0 Å². The van der Waals surface area contributed by atoms with Gasteiger partial charge in [0.25, 0.3) is 0 Å². The highest BCUT2D eigenvalue weighted by molar-refractivity contribution is 7.20. The molecular formula is C24H26F4N4S. The zero-order valence-electron chi connectivity index (χ0n) is 18.2. The van der Waals surface area contributed by atoms with Crippen LogP contribution in [0.15, 0.2) is 48.8 Å². The first kappa shape index (κ1) is 23.5. The van der Waals surface area contributed by atoms with E-state index < -0.39 is 18.8 Å². The van der Waals surface area contributed by atoms with Gasteiger partial charge in [0.05, 0.1) is 28.5 Å². The summed E-state index contributed by atoms with van der Waals surface area (Å²) in [6, 6.07) is 8.58. The Bertz CT molecular complexity index is 1100. The smallest absolute Gasteiger partial charge is 0.380 e. The second-order valence-electron chi connectivity index (χ2n) is 8.26. The highest BCUT2D eigenvalue weighted by Crippen LogP contribution is 2.40. The molecule has 4 rings (SSSR count). The number of hydrogen-bond acceptors (Lipinski definition) is 5. The Morgan fingerprint density at radius 3 is 2.82 bits per heavy atom. The van der Waals surface area contributed by atoms with Crippen LogP contribution in [0.25, 0.3) is 16.2 Å². The van der Waals surface area contributed by atoms with Crippen LogP contribution < -0.4 is 10.6 Å². The maximum Gasteiger partial charge on any atom is 0.393 e. The van der Waals surface area contributed by atoms with E-state index in [1.807, 2.05) is 24.1 Å². The van der Waals surface area contributed by atoms with Crippen molar-refractivity contribution in [1.29, 1.82) is 0 Å². The molecule has 0 radical (unpaired) electrons. The van der Waals surface area contributed by atoms with Gasteiger partial charge in [-0.3, -0.25) is 4.98 Å². The third-order valence-corrected chi connectivity index (χ3v) is 6.91. The molecule has 176 valence electrons. The fourth-order valence-electron chi connectivity index (χ4n) is 4.05. The van der Waals surface area contributed by atoms with Gasteiger partial charge in [-0.15, -0.1) is 11.3 Å². The summed E-state index contributed by atoms with van der Waals surface area (Å²) in [5.74, 6) is 0. The SMILES string of the molecule is CN1CC[C@@H](Nc2cccc3c(CC(F)(F)F)c(/C=C/CNc4cccnc4)sc23)[C@@H](F)C1. The summed E-state index contributed by atoms with van der Waals surface area (Å²) in [4.78, 5) is 6.53. The van der Waals surface area contributed by atoms with Crippen molar-refractivity contribution in [2.45, 2.75) is 31.2 Å². The van der Waals surface area contributed by atoms with Crippen LogP contribution in [-0.4, -0.2) is 55.0 Å². The molecule has 1 aliphatic rings. The molecule has 0 bridgehead atoms. The van der Waals surface area contributed by atoms with Crippen LogP contribution in [0.1, 0.15) is 16.9 Å². The first-order chi connectivity index (χ1) is 15.8. The van der Waals surface area contributed by atoms with Crippen LogP contribution >= 0.6 is 11.3 Å². The van der Waals surface area contributed by atoms with E-state index in [0.29, 0.717) is 35.5 Å². The minimum absolute atomic E-state index is 0.254. The minimum Gasteiger partial charge on any atom is -0.380 e. The summed E-state index contributed by atoms with van der Waals surface area (Å²) >= 11 is 1.31. The number of thiophene rings is 1. The number of pyridine rings is 1. The molecule has 3 heterocycles. The molecule has 1 fully saturated rings. The van der Waals surface area contributed by atoms with E-state index >= 15 is 0 Å². The number of benzene rings is 1. The molecule has 0 amide bonds. The van der Waals surface area contributed by atoms with Crippen molar-refractivity contribution in [2.24, 2.45) is 0 Å². The molecule has 0 aliphatic carbocycles. The lowest BCUT2D eigenvalue weighted by molar-refractivity contribution is -0.126. The molecule has 4 nitrogen and oxygen atoms in total. The number of fused-ring (bicyclic) bond motifs is 1. The van der Waals surface area contributed by atoms with E-state index in [1.54, 1.807) is 42.7 Å². The molecular weight excluding hydrogens is 452 g/mol. The predicted octanol–water partition coefficient (Wildman–Crippen LogP) is 5.98. The highest BCUT2D eigenvalue weighted by Gasteiger charge is 2.32. The first-order valence-corrected chi connectivity index (χ1v) is 11.6. The van der Waals surface area contributed by atoms with Crippen molar-refractivity contribution in [3.8, 4) is 0 Å². The van der Waals surface area contributed by atoms with E-state index in [0.717, 1.165) is 16.9 Å². The summed E-state index contributed by atoms with van der Waals surface area (Å²) in [7, 11) is 1.88. The molecule has 3 aromatic rings. The highest BCUT2D eigenvalue weighted by atomic mass is 32.1. The number of hydrogen-bond donors (Lipinski definition) is 2. The number of nitrogens with one attached hydrogen (secondary N) is 2. The van der Waals surface area contributed by atoms with Crippen LogP contribution in [0.4, 0.5) is 28.9 Å². The van der Waals surface area contributed by atoms with Gasteiger partial charge in [-0.05, 0) is 48.7 Å². The van der Waals surface area contributed by atoms with Crippen LogP contribution in [0.3, 0.4) is 0 Å². The molecule has 0 spiro atoms. The number of halogens is 4. The van der Waals surface area contributed by atoms with Crippen LogP contribution in [0.2, 0.25) is 0 Å². The van der Waals surface area contributed by atoms with Gasteiger partial charge in [0, 0.05) is 36.9 Å². The van der Waals surface area contributed by atoms with Crippen molar-refractivity contribution in [3.05, 3.63) is 59.2 Å². The molecule has 33 heavy (non-hydrogen) atoms. The fraction of sp³-hybridized carbons (Fsp3) is 0.375. The van der Waals surface area contributed by atoms with Crippen molar-refractivity contribution < 1.29 is 17.6 Å². The average Bonchev–Trinajstić information content (AvgIpc) is 3.11. The quantitative estimate of drug-likeness (QED) is 0.410. The van der Waals surface area contributed by atoms with Crippen molar-refractivity contribution >= 4 is 38.9 Å². The standard InChI is InChI=1S/C24H26F4N4S/c1-32-12-9-20(19(25)15-32)31-21-7-2-6-17-18(13-24(26,27)28)22(33-23(17)21)8-4-11-30-16-5-3-10-29-14-16/h2-8,10,14,19-20,30-31H,9,11-13,15H2,1H3/b8-4+/t19-,20+/m0/s1. The molecule has 0 saturated carbocycles. The number of likely N-dealkylation sites (tertiary alicyclic amines) is 1. The zero-order valence-corrected chi connectivity index (χ0v) is 19.0. The second-order valence-corrected chi connectivity index (χ2v) is 9.31. The van der Waals surface area contributed by atoms with Crippen molar-refractivity contribution in [2.75, 3.05) is 37.3 Å².